The summed E-state index contributed by atoms with van der Waals surface area (Å²) in [6.45, 7) is 0. The number of H-pyrrole nitrogens is 2. The number of halogens is 1. The monoisotopic (exact) mass is 428 g/mol. The van der Waals surface area contributed by atoms with Crippen LogP contribution in [0.4, 0.5) is 0 Å². The number of Topliss-reactive ketones (excluding diaryl/α,β-unsaturated/α-hetero) is 1. The summed E-state index contributed by atoms with van der Waals surface area (Å²) in [6.07, 6.45) is 3.93. The van der Waals surface area contributed by atoms with Crippen molar-refractivity contribution in [1.29, 1.82) is 0 Å². The van der Waals surface area contributed by atoms with Gasteiger partial charge in [0, 0.05) is 44.2 Å². The van der Waals surface area contributed by atoms with Crippen LogP contribution in [0.15, 0.2) is 89.7 Å². The standard InChI is InChI=1S/C24H17BrN2O/c25-16-11-9-15(10-12-16)24(28)23(19-13-26-21-7-3-1-5-17(19)21)20-14-27-22-8-4-2-6-18(20)22/h1-14,23,26-27H. The van der Waals surface area contributed by atoms with Crippen molar-refractivity contribution < 1.29 is 4.79 Å². The van der Waals surface area contributed by atoms with Gasteiger partial charge in [-0.3, -0.25) is 4.79 Å². The van der Waals surface area contributed by atoms with Gasteiger partial charge in [0.25, 0.3) is 0 Å². The molecule has 4 heteroatoms. The number of rotatable bonds is 4. The molecule has 0 aliphatic rings. The second-order valence-corrected chi connectivity index (χ2v) is 7.80. The number of aromatic amines is 2. The average Bonchev–Trinajstić information content (AvgIpc) is 3.34. The van der Waals surface area contributed by atoms with E-state index >= 15 is 0 Å². The Labute approximate surface area is 170 Å². The summed E-state index contributed by atoms with van der Waals surface area (Å²) in [4.78, 5) is 20.3. The molecule has 0 saturated heterocycles. The van der Waals surface area contributed by atoms with Gasteiger partial charge in [-0.2, -0.15) is 0 Å². The molecule has 0 radical (unpaired) electrons. The first-order chi connectivity index (χ1) is 13.7. The van der Waals surface area contributed by atoms with Gasteiger partial charge in [-0.1, -0.05) is 64.5 Å². The van der Waals surface area contributed by atoms with Crippen LogP contribution in [0.2, 0.25) is 0 Å². The molecule has 2 N–H and O–H groups in total. The molecule has 0 unspecified atom stereocenters. The van der Waals surface area contributed by atoms with Crippen molar-refractivity contribution >= 4 is 43.5 Å². The Hall–Kier alpha value is -3.11. The van der Waals surface area contributed by atoms with Gasteiger partial charge in [0.2, 0.25) is 0 Å². The maximum Gasteiger partial charge on any atom is 0.174 e. The molecule has 0 aliphatic heterocycles. The minimum Gasteiger partial charge on any atom is -0.361 e. The van der Waals surface area contributed by atoms with E-state index in [2.05, 4.69) is 38.0 Å². The van der Waals surface area contributed by atoms with Gasteiger partial charge in [0.05, 0.1) is 5.92 Å². The van der Waals surface area contributed by atoms with E-state index in [9.17, 15) is 4.79 Å². The van der Waals surface area contributed by atoms with Gasteiger partial charge < -0.3 is 9.97 Å². The molecule has 2 aromatic heterocycles. The molecule has 5 rings (SSSR count). The summed E-state index contributed by atoms with van der Waals surface area (Å²) >= 11 is 3.45. The number of aromatic nitrogens is 2. The highest BCUT2D eigenvalue weighted by Crippen LogP contribution is 2.37. The summed E-state index contributed by atoms with van der Waals surface area (Å²) in [6, 6.07) is 23.8. The van der Waals surface area contributed by atoms with Crippen molar-refractivity contribution in [1.82, 2.24) is 9.97 Å². The van der Waals surface area contributed by atoms with Gasteiger partial charge in [0.1, 0.15) is 0 Å². The van der Waals surface area contributed by atoms with Crippen molar-refractivity contribution in [3.8, 4) is 0 Å². The van der Waals surface area contributed by atoms with Crippen LogP contribution in [0.25, 0.3) is 21.8 Å². The first kappa shape index (κ1) is 17.0. The fraction of sp³-hybridized carbons (Fsp3) is 0.0417. The lowest BCUT2D eigenvalue weighted by Gasteiger charge is -2.16. The zero-order valence-corrected chi connectivity index (χ0v) is 16.5. The smallest absolute Gasteiger partial charge is 0.174 e. The maximum atomic E-state index is 13.7. The van der Waals surface area contributed by atoms with E-state index in [0.717, 1.165) is 37.4 Å². The number of ketones is 1. The molecule has 28 heavy (non-hydrogen) atoms. The summed E-state index contributed by atoms with van der Waals surface area (Å²) in [5, 5.41) is 2.14. The van der Waals surface area contributed by atoms with Crippen molar-refractivity contribution in [2.45, 2.75) is 5.92 Å². The van der Waals surface area contributed by atoms with Crippen molar-refractivity contribution in [3.05, 3.63) is 106 Å². The molecule has 0 aliphatic carbocycles. The molecule has 0 atom stereocenters. The second kappa shape index (κ2) is 6.80. The maximum absolute atomic E-state index is 13.7. The third kappa shape index (κ3) is 2.77. The Morgan fingerprint density at radius 1 is 0.714 bits per heavy atom. The summed E-state index contributed by atoms with van der Waals surface area (Å²) in [5.41, 5.74) is 4.75. The topological polar surface area (TPSA) is 48.6 Å². The van der Waals surface area contributed by atoms with Crippen LogP contribution < -0.4 is 0 Å². The normalized spacial score (nSPS) is 11.5. The van der Waals surface area contributed by atoms with Crippen molar-refractivity contribution in [2.75, 3.05) is 0 Å². The van der Waals surface area contributed by atoms with Gasteiger partial charge in [-0.15, -0.1) is 0 Å². The molecular formula is C24H17BrN2O. The van der Waals surface area contributed by atoms with Gasteiger partial charge in [-0.05, 0) is 35.4 Å². The van der Waals surface area contributed by atoms with Gasteiger partial charge in [0.15, 0.2) is 5.78 Å². The second-order valence-electron chi connectivity index (χ2n) is 6.88. The summed E-state index contributed by atoms with van der Waals surface area (Å²) in [7, 11) is 0. The molecule has 0 saturated carbocycles. The fourth-order valence-electron chi connectivity index (χ4n) is 3.90. The predicted octanol–water partition coefficient (Wildman–Crippen LogP) is 6.43. The van der Waals surface area contributed by atoms with Gasteiger partial charge >= 0.3 is 0 Å². The van der Waals surface area contributed by atoms with Crippen molar-refractivity contribution in [2.24, 2.45) is 0 Å². The molecular weight excluding hydrogens is 412 g/mol. The highest BCUT2D eigenvalue weighted by molar-refractivity contribution is 9.10. The van der Waals surface area contributed by atoms with Crippen LogP contribution in [-0.4, -0.2) is 15.8 Å². The fourth-order valence-corrected chi connectivity index (χ4v) is 4.16. The molecule has 3 nitrogen and oxygen atoms in total. The number of hydrogen-bond donors (Lipinski definition) is 2. The first-order valence-corrected chi connectivity index (χ1v) is 9.93. The Morgan fingerprint density at radius 3 is 1.75 bits per heavy atom. The first-order valence-electron chi connectivity index (χ1n) is 9.14. The third-order valence-corrected chi connectivity index (χ3v) is 5.78. The molecule has 0 amide bonds. The summed E-state index contributed by atoms with van der Waals surface area (Å²) in [5.74, 6) is -0.310. The number of fused-ring (bicyclic) bond motifs is 2. The number of benzene rings is 3. The largest absolute Gasteiger partial charge is 0.361 e. The zero-order valence-electron chi connectivity index (χ0n) is 14.9. The van der Waals surface area contributed by atoms with Crippen LogP contribution >= 0.6 is 15.9 Å². The average molecular weight is 429 g/mol. The van der Waals surface area contributed by atoms with Crippen LogP contribution in [0.1, 0.15) is 27.4 Å². The molecule has 2 heterocycles. The minimum atomic E-state index is -0.395. The zero-order chi connectivity index (χ0) is 19.1. The molecule has 136 valence electrons. The van der Waals surface area contributed by atoms with Crippen LogP contribution in [-0.2, 0) is 0 Å². The van der Waals surface area contributed by atoms with E-state index in [1.807, 2.05) is 73.1 Å². The van der Waals surface area contributed by atoms with E-state index in [4.69, 9.17) is 0 Å². The van der Waals surface area contributed by atoms with Crippen molar-refractivity contribution in [3.63, 3.8) is 0 Å². The van der Waals surface area contributed by atoms with E-state index in [1.54, 1.807) is 0 Å². The van der Waals surface area contributed by atoms with Crippen LogP contribution in [0.3, 0.4) is 0 Å². The minimum absolute atomic E-state index is 0.0852. The molecule has 0 fully saturated rings. The number of carbonyl (C=O) groups is 1. The summed E-state index contributed by atoms with van der Waals surface area (Å²) < 4.78 is 0.958. The highest BCUT2D eigenvalue weighted by atomic mass is 79.9. The molecule has 0 spiro atoms. The number of carbonyl (C=O) groups excluding carboxylic acids is 1. The number of nitrogens with one attached hydrogen (secondary N) is 2. The quantitative estimate of drug-likeness (QED) is 0.318. The van der Waals surface area contributed by atoms with E-state index < -0.39 is 5.92 Å². The lowest BCUT2D eigenvalue weighted by Crippen LogP contribution is -2.14. The molecule has 3 aromatic carbocycles. The van der Waals surface area contributed by atoms with E-state index in [1.165, 1.54) is 0 Å². The van der Waals surface area contributed by atoms with Gasteiger partial charge in [-0.25, -0.2) is 0 Å². The lowest BCUT2D eigenvalue weighted by atomic mass is 9.84. The van der Waals surface area contributed by atoms with Crippen LogP contribution in [0.5, 0.6) is 0 Å². The predicted molar refractivity (Wildman–Crippen MR) is 117 cm³/mol. The Bertz CT molecular complexity index is 1220. The third-order valence-electron chi connectivity index (χ3n) is 5.26. The van der Waals surface area contributed by atoms with Crippen LogP contribution in [0, 0.1) is 0 Å². The van der Waals surface area contributed by atoms with E-state index in [0.29, 0.717) is 5.56 Å². The number of para-hydroxylation sites is 2. The Kier molecular flexibility index (Phi) is 4.14. The SMILES string of the molecule is O=C(c1ccc(Br)cc1)C(c1c[nH]c2ccccc12)c1c[nH]c2ccccc12. The lowest BCUT2D eigenvalue weighted by molar-refractivity contribution is 0.0974. The Balaban J connectivity index is 1.74. The number of hydrogen-bond acceptors (Lipinski definition) is 1. The molecule has 5 aromatic rings. The molecule has 0 bridgehead atoms. The Morgan fingerprint density at radius 2 is 1.21 bits per heavy atom. The van der Waals surface area contributed by atoms with E-state index in [-0.39, 0.29) is 5.78 Å². The highest BCUT2D eigenvalue weighted by Gasteiger charge is 2.28.